The second-order valence-corrected chi connectivity index (χ2v) is 3.82. The van der Waals surface area contributed by atoms with Crippen molar-refractivity contribution < 1.29 is 23.1 Å². The Balaban J connectivity index is 2.63. The summed E-state index contributed by atoms with van der Waals surface area (Å²) < 4.78 is 39.5. The highest BCUT2D eigenvalue weighted by atomic mass is 19.2. The van der Waals surface area contributed by atoms with Gasteiger partial charge >= 0.3 is 0 Å². The molecule has 19 heavy (non-hydrogen) atoms. The number of benzene rings is 2. The molecule has 3 nitrogen and oxygen atoms in total. The fourth-order valence-electron chi connectivity index (χ4n) is 1.65. The Morgan fingerprint density at radius 2 is 1.74 bits per heavy atom. The lowest BCUT2D eigenvalue weighted by atomic mass is 10.0. The van der Waals surface area contributed by atoms with Crippen LogP contribution in [0.5, 0.6) is 5.75 Å². The van der Waals surface area contributed by atoms with Crippen LogP contribution in [0.25, 0.3) is 11.1 Å². The number of phenols is 1. The first kappa shape index (κ1) is 12.9. The largest absolute Gasteiger partial charge is 0.507 e. The summed E-state index contributed by atoms with van der Waals surface area (Å²) in [5.74, 6) is -5.58. The van der Waals surface area contributed by atoms with E-state index in [9.17, 15) is 23.1 Å². The first-order chi connectivity index (χ1) is 8.91. The summed E-state index contributed by atoms with van der Waals surface area (Å²) in [5.41, 5.74) is 4.66. The van der Waals surface area contributed by atoms with Gasteiger partial charge in [0.2, 0.25) is 0 Å². The molecular formula is C13H8F3NO2. The van der Waals surface area contributed by atoms with Crippen LogP contribution in [0.2, 0.25) is 0 Å². The van der Waals surface area contributed by atoms with Gasteiger partial charge in [-0.25, -0.2) is 13.2 Å². The minimum atomic E-state index is -1.61. The number of carbonyl (C=O) groups is 1. The van der Waals surface area contributed by atoms with Gasteiger partial charge in [-0.05, 0) is 29.8 Å². The minimum Gasteiger partial charge on any atom is -0.507 e. The second kappa shape index (κ2) is 4.64. The Morgan fingerprint density at radius 1 is 1.05 bits per heavy atom. The van der Waals surface area contributed by atoms with Gasteiger partial charge in [0.25, 0.3) is 5.91 Å². The minimum absolute atomic E-state index is 0.100. The van der Waals surface area contributed by atoms with E-state index in [-0.39, 0.29) is 22.4 Å². The van der Waals surface area contributed by atoms with Crippen LogP contribution < -0.4 is 5.73 Å². The monoisotopic (exact) mass is 267 g/mol. The average Bonchev–Trinajstić information content (AvgIpc) is 2.37. The molecule has 0 heterocycles. The molecule has 0 aliphatic heterocycles. The molecule has 2 aromatic rings. The Labute approximate surface area is 106 Å². The number of halogens is 3. The maximum atomic E-state index is 13.6. The highest BCUT2D eigenvalue weighted by molar-refractivity contribution is 5.96. The van der Waals surface area contributed by atoms with Crippen molar-refractivity contribution >= 4 is 5.91 Å². The van der Waals surface area contributed by atoms with Gasteiger partial charge in [-0.2, -0.15) is 0 Å². The van der Waals surface area contributed by atoms with E-state index in [1.807, 2.05) is 0 Å². The molecule has 0 spiro atoms. The third-order valence-electron chi connectivity index (χ3n) is 2.61. The highest BCUT2D eigenvalue weighted by Gasteiger charge is 2.16. The van der Waals surface area contributed by atoms with Crippen molar-refractivity contribution in [2.24, 2.45) is 5.73 Å². The molecule has 0 aromatic heterocycles. The molecular weight excluding hydrogens is 259 g/mol. The van der Waals surface area contributed by atoms with Crippen LogP contribution in [-0.4, -0.2) is 11.0 Å². The van der Waals surface area contributed by atoms with Gasteiger partial charge in [0, 0.05) is 5.56 Å². The maximum Gasteiger partial charge on any atom is 0.252 e. The van der Waals surface area contributed by atoms with Crippen LogP contribution in [0, 0.1) is 17.5 Å². The van der Waals surface area contributed by atoms with Crippen molar-refractivity contribution in [2.45, 2.75) is 0 Å². The van der Waals surface area contributed by atoms with E-state index in [0.29, 0.717) is 0 Å². The molecule has 0 atom stereocenters. The lowest BCUT2D eigenvalue weighted by Gasteiger charge is -2.07. The number of hydrogen-bond donors (Lipinski definition) is 2. The SMILES string of the molecule is NC(=O)c1cc(-c2ccc(F)c(F)c2F)ccc1O. The molecule has 98 valence electrons. The van der Waals surface area contributed by atoms with E-state index in [1.54, 1.807) is 0 Å². The number of rotatable bonds is 2. The third-order valence-corrected chi connectivity index (χ3v) is 2.61. The number of carbonyl (C=O) groups excluding carboxylic acids is 1. The summed E-state index contributed by atoms with van der Waals surface area (Å²) in [6, 6.07) is 5.29. The summed E-state index contributed by atoms with van der Waals surface area (Å²) in [5, 5.41) is 9.39. The van der Waals surface area contributed by atoms with E-state index in [0.717, 1.165) is 24.3 Å². The molecule has 6 heteroatoms. The zero-order valence-corrected chi connectivity index (χ0v) is 9.45. The summed E-state index contributed by atoms with van der Waals surface area (Å²) >= 11 is 0. The summed E-state index contributed by atoms with van der Waals surface area (Å²) in [4.78, 5) is 11.0. The van der Waals surface area contributed by atoms with Gasteiger partial charge in [0.05, 0.1) is 5.56 Å². The average molecular weight is 267 g/mol. The molecule has 2 rings (SSSR count). The van der Waals surface area contributed by atoms with Crippen LogP contribution in [-0.2, 0) is 0 Å². The first-order valence-electron chi connectivity index (χ1n) is 5.18. The van der Waals surface area contributed by atoms with E-state index in [4.69, 9.17) is 5.73 Å². The van der Waals surface area contributed by atoms with Crippen molar-refractivity contribution in [3.05, 3.63) is 53.3 Å². The van der Waals surface area contributed by atoms with Crippen LogP contribution in [0.1, 0.15) is 10.4 Å². The van der Waals surface area contributed by atoms with Crippen molar-refractivity contribution in [2.75, 3.05) is 0 Å². The van der Waals surface area contributed by atoms with Gasteiger partial charge in [0.15, 0.2) is 17.5 Å². The second-order valence-electron chi connectivity index (χ2n) is 3.82. The van der Waals surface area contributed by atoms with Crippen molar-refractivity contribution in [3.63, 3.8) is 0 Å². The molecule has 0 fully saturated rings. The summed E-state index contributed by atoms with van der Waals surface area (Å²) in [6.45, 7) is 0. The maximum absolute atomic E-state index is 13.6. The summed E-state index contributed by atoms with van der Waals surface area (Å²) in [6.07, 6.45) is 0. The molecule has 0 unspecified atom stereocenters. The summed E-state index contributed by atoms with van der Waals surface area (Å²) in [7, 11) is 0. The van der Waals surface area contributed by atoms with Crippen LogP contribution in [0.15, 0.2) is 30.3 Å². The van der Waals surface area contributed by atoms with Crippen molar-refractivity contribution in [1.82, 2.24) is 0 Å². The number of aromatic hydroxyl groups is 1. The van der Waals surface area contributed by atoms with Crippen LogP contribution >= 0.6 is 0 Å². The van der Waals surface area contributed by atoms with Gasteiger partial charge in [-0.3, -0.25) is 4.79 Å². The molecule has 0 saturated carbocycles. The Morgan fingerprint density at radius 3 is 2.37 bits per heavy atom. The topological polar surface area (TPSA) is 63.3 Å². The van der Waals surface area contributed by atoms with Gasteiger partial charge in [0.1, 0.15) is 5.75 Å². The van der Waals surface area contributed by atoms with Gasteiger partial charge in [-0.1, -0.05) is 6.07 Å². The predicted molar refractivity (Wildman–Crippen MR) is 61.9 cm³/mol. The van der Waals surface area contributed by atoms with Crippen molar-refractivity contribution in [3.8, 4) is 16.9 Å². The van der Waals surface area contributed by atoms with E-state index in [2.05, 4.69) is 0 Å². The molecule has 0 aliphatic rings. The molecule has 2 aromatic carbocycles. The lowest BCUT2D eigenvalue weighted by Crippen LogP contribution is -2.11. The fraction of sp³-hybridized carbons (Fsp3) is 0. The van der Waals surface area contributed by atoms with Crippen molar-refractivity contribution in [1.29, 1.82) is 0 Å². The number of nitrogens with two attached hydrogens (primary N) is 1. The molecule has 0 radical (unpaired) electrons. The fourth-order valence-corrected chi connectivity index (χ4v) is 1.65. The van der Waals surface area contributed by atoms with Crippen LogP contribution in [0.3, 0.4) is 0 Å². The first-order valence-corrected chi connectivity index (χ1v) is 5.18. The lowest BCUT2D eigenvalue weighted by molar-refractivity contribution is 0.0998. The Hall–Kier alpha value is -2.50. The van der Waals surface area contributed by atoms with E-state index in [1.165, 1.54) is 6.07 Å². The molecule has 0 bridgehead atoms. The quantitative estimate of drug-likeness (QED) is 0.821. The highest BCUT2D eigenvalue weighted by Crippen LogP contribution is 2.29. The number of primary amides is 1. The molecule has 3 N–H and O–H groups in total. The van der Waals surface area contributed by atoms with Gasteiger partial charge < -0.3 is 10.8 Å². The normalized spacial score (nSPS) is 10.5. The predicted octanol–water partition coefficient (Wildman–Crippen LogP) is 2.58. The number of amides is 1. The standard InChI is InChI=1S/C13H8F3NO2/c14-9-3-2-7(11(15)12(9)16)6-1-4-10(18)8(5-6)13(17)19/h1-5,18H,(H2,17,19). The van der Waals surface area contributed by atoms with E-state index >= 15 is 0 Å². The molecule has 0 saturated heterocycles. The molecule has 0 aliphatic carbocycles. The van der Waals surface area contributed by atoms with E-state index < -0.39 is 23.4 Å². The Kier molecular flexibility index (Phi) is 3.16. The zero-order valence-electron chi connectivity index (χ0n) is 9.45. The molecule has 1 amide bonds. The van der Waals surface area contributed by atoms with Gasteiger partial charge in [-0.15, -0.1) is 0 Å². The third kappa shape index (κ3) is 2.24. The zero-order chi connectivity index (χ0) is 14.2. The Bertz CT molecular complexity index is 671. The van der Waals surface area contributed by atoms with Crippen LogP contribution in [0.4, 0.5) is 13.2 Å². The smallest absolute Gasteiger partial charge is 0.252 e. The number of hydrogen-bond acceptors (Lipinski definition) is 2.